The minimum atomic E-state index is -6.09. The fourth-order valence-corrected chi connectivity index (χ4v) is 2.36. The summed E-state index contributed by atoms with van der Waals surface area (Å²) in [5, 5.41) is 1.12. The van der Waals surface area contributed by atoms with Gasteiger partial charge in [0.2, 0.25) is 11.0 Å². The lowest BCUT2D eigenvalue weighted by atomic mass is 10.0. The lowest BCUT2D eigenvalue weighted by molar-refractivity contribution is -0.617. The van der Waals surface area contributed by atoms with Crippen LogP contribution in [0.2, 0.25) is 0 Å². The molecule has 1 heterocycles. The fourth-order valence-electron chi connectivity index (χ4n) is 2.36. The Bertz CT molecular complexity index is 1150. The van der Waals surface area contributed by atoms with Crippen LogP contribution in [-0.2, 0) is 21.8 Å². The minimum Gasteiger partial charge on any atom is -0.741 e. The van der Waals surface area contributed by atoms with E-state index in [1.54, 1.807) is 48.5 Å². The maximum Gasteiger partial charge on any atom is 0.485 e. The van der Waals surface area contributed by atoms with Crippen molar-refractivity contribution in [2.45, 2.75) is 5.51 Å². The van der Waals surface area contributed by atoms with Crippen molar-refractivity contribution in [3.63, 3.8) is 0 Å². The third-order valence-corrected chi connectivity index (χ3v) is 4.07. The smallest absolute Gasteiger partial charge is 0.485 e. The van der Waals surface area contributed by atoms with E-state index in [9.17, 15) is 18.0 Å². The van der Waals surface area contributed by atoms with Gasteiger partial charge in [-0.15, -0.1) is 0 Å². The third kappa shape index (κ3) is 4.17. The summed E-state index contributed by atoms with van der Waals surface area (Å²) in [6.45, 7) is -2.35. The van der Waals surface area contributed by atoms with E-state index in [-0.39, 0.29) is 0 Å². The molecule has 144 valence electrons. The molecule has 0 aliphatic rings. The Balaban J connectivity index is 0.000000343. The molecule has 10 heteroatoms. The van der Waals surface area contributed by atoms with E-state index in [1.807, 2.05) is 0 Å². The SMILES string of the molecule is O=S(=O)([O-])C(F)(F)F.[2H]C([2H])([2H])[n+]1c2ccccc2c(C(=O)OC)c2ccccc21. The Morgan fingerprint density at radius 1 is 1.07 bits per heavy atom. The first-order valence-electron chi connectivity index (χ1n) is 8.66. The lowest BCUT2D eigenvalue weighted by Gasteiger charge is -2.08. The van der Waals surface area contributed by atoms with Gasteiger partial charge in [-0.1, -0.05) is 24.3 Å². The molecule has 0 radical (unpaired) electrons. The van der Waals surface area contributed by atoms with Crippen molar-refractivity contribution in [1.29, 1.82) is 0 Å². The van der Waals surface area contributed by atoms with Gasteiger partial charge >= 0.3 is 11.5 Å². The van der Waals surface area contributed by atoms with Crippen molar-refractivity contribution < 1.29 is 44.4 Å². The molecule has 6 nitrogen and oxygen atoms in total. The maximum atomic E-state index is 12.2. The first kappa shape index (κ1) is 16.5. The summed E-state index contributed by atoms with van der Waals surface area (Å²) < 4.78 is 88.6. The number of alkyl halides is 3. The highest BCUT2D eigenvalue weighted by atomic mass is 32.2. The van der Waals surface area contributed by atoms with Crippen LogP contribution in [0.15, 0.2) is 48.5 Å². The molecule has 0 aliphatic carbocycles. The number of carbonyl (C=O) groups is 1. The van der Waals surface area contributed by atoms with Crippen molar-refractivity contribution in [1.82, 2.24) is 0 Å². The predicted octanol–water partition coefficient (Wildman–Crippen LogP) is 2.66. The van der Waals surface area contributed by atoms with Gasteiger partial charge in [0.05, 0.1) is 23.4 Å². The summed E-state index contributed by atoms with van der Waals surface area (Å²) in [7, 11) is -4.77. The van der Waals surface area contributed by atoms with Gasteiger partial charge in [0.25, 0.3) is 0 Å². The van der Waals surface area contributed by atoms with Crippen LogP contribution in [0.5, 0.6) is 0 Å². The number of hydrogen-bond acceptors (Lipinski definition) is 5. The molecular weight excluding hydrogens is 387 g/mol. The lowest BCUT2D eigenvalue weighted by Crippen LogP contribution is -2.31. The largest absolute Gasteiger partial charge is 0.741 e. The number of benzene rings is 2. The minimum absolute atomic E-state index is 0.384. The van der Waals surface area contributed by atoms with Gasteiger partial charge in [0, 0.05) is 12.1 Å². The number of rotatable bonds is 1. The molecule has 0 aliphatic heterocycles. The molecule has 0 amide bonds. The summed E-state index contributed by atoms with van der Waals surface area (Å²) in [5.41, 5.74) is -4.31. The maximum absolute atomic E-state index is 12.2. The van der Waals surface area contributed by atoms with E-state index in [4.69, 9.17) is 21.8 Å². The molecule has 0 unspecified atom stereocenters. The summed E-state index contributed by atoms with van der Waals surface area (Å²) in [4.78, 5) is 12.2. The predicted molar refractivity (Wildman–Crippen MR) is 89.7 cm³/mol. The van der Waals surface area contributed by atoms with Crippen molar-refractivity contribution in [3.8, 4) is 0 Å². The van der Waals surface area contributed by atoms with E-state index < -0.39 is 28.6 Å². The second kappa shape index (κ2) is 7.49. The average molecular weight is 404 g/mol. The van der Waals surface area contributed by atoms with Gasteiger partial charge in [0.1, 0.15) is 11.1 Å². The van der Waals surface area contributed by atoms with Crippen LogP contribution < -0.4 is 4.57 Å². The summed E-state index contributed by atoms with van der Waals surface area (Å²) in [6.07, 6.45) is 0. The Morgan fingerprint density at radius 2 is 1.48 bits per heavy atom. The van der Waals surface area contributed by atoms with Crippen LogP contribution in [0.25, 0.3) is 21.8 Å². The van der Waals surface area contributed by atoms with Crippen molar-refractivity contribution in [2.75, 3.05) is 7.11 Å². The van der Waals surface area contributed by atoms with Gasteiger partial charge in [0.15, 0.2) is 10.1 Å². The van der Waals surface area contributed by atoms with Crippen molar-refractivity contribution in [2.24, 2.45) is 6.98 Å². The zero-order valence-electron chi connectivity index (χ0n) is 16.6. The van der Waals surface area contributed by atoms with Gasteiger partial charge in [-0.2, -0.15) is 17.7 Å². The number of pyridine rings is 1. The number of halogens is 3. The third-order valence-electron chi connectivity index (χ3n) is 3.50. The molecular formula is C17H14F3NO5S. The number of aryl methyl sites for hydroxylation is 1. The molecule has 0 spiro atoms. The zero-order chi connectivity index (χ0) is 22.9. The number of fused-ring (bicyclic) bond motifs is 2. The van der Waals surface area contributed by atoms with Gasteiger partial charge in [-0.05, 0) is 12.1 Å². The van der Waals surface area contributed by atoms with Crippen LogP contribution in [-0.4, -0.2) is 31.6 Å². The van der Waals surface area contributed by atoms with Gasteiger partial charge in [-0.25, -0.2) is 13.2 Å². The molecule has 1 aromatic heterocycles. The number of carbonyl (C=O) groups excluding carboxylic acids is 1. The highest BCUT2D eigenvalue weighted by Gasteiger charge is 2.36. The number of methoxy groups -OCH3 is 1. The Kier molecular flexibility index (Phi) is 4.56. The van der Waals surface area contributed by atoms with Crippen LogP contribution in [0.4, 0.5) is 13.2 Å². The molecule has 0 saturated heterocycles. The summed E-state index contributed by atoms with van der Waals surface area (Å²) in [5.74, 6) is -0.481. The topological polar surface area (TPSA) is 87.4 Å². The first-order chi connectivity index (χ1) is 13.7. The zero-order valence-corrected chi connectivity index (χ0v) is 14.5. The Morgan fingerprint density at radius 3 is 1.81 bits per heavy atom. The van der Waals surface area contributed by atoms with Crippen LogP contribution >= 0.6 is 0 Å². The summed E-state index contributed by atoms with van der Waals surface area (Å²) in [6, 6.07) is 13.9. The highest BCUT2D eigenvalue weighted by Crippen LogP contribution is 2.25. The molecule has 0 atom stereocenters. The summed E-state index contributed by atoms with van der Waals surface area (Å²) >= 11 is 0. The molecule has 2 aromatic carbocycles. The molecule has 0 saturated carbocycles. The Labute approximate surface area is 156 Å². The van der Waals surface area contributed by atoms with Crippen LogP contribution in [0.1, 0.15) is 14.5 Å². The number of aromatic nitrogens is 1. The Hall–Kier alpha value is -2.72. The van der Waals surface area contributed by atoms with Crippen molar-refractivity contribution in [3.05, 3.63) is 54.1 Å². The normalized spacial score (nSPS) is 13.9. The number of esters is 1. The monoisotopic (exact) mass is 404 g/mol. The van der Waals surface area contributed by atoms with Crippen LogP contribution in [0.3, 0.4) is 0 Å². The average Bonchev–Trinajstić information content (AvgIpc) is 2.63. The van der Waals surface area contributed by atoms with E-state index >= 15 is 0 Å². The number of para-hydroxylation sites is 2. The van der Waals surface area contributed by atoms with Crippen molar-refractivity contribution >= 4 is 37.9 Å². The standard InChI is InChI=1S/C16H14NO2.CHF3O3S/c1-17-13-9-5-3-7-11(13)15(16(18)19-2)12-8-4-6-10-14(12)17;2-1(3,4)8(5,6)7/h3-10H,1-2H3;(H,5,6,7)/q+1;/p-1/i1D3;. The van der Waals surface area contributed by atoms with E-state index in [0.29, 0.717) is 27.4 Å². The van der Waals surface area contributed by atoms with E-state index in [0.717, 1.165) is 0 Å². The second-order valence-electron chi connectivity index (χ2n) is 5.14. The second-order valence-corrected chi connectivity index (χ2v) is 6.51. The van der Waals surface area contributed by atoms with Gasteiger partial charge in [-0.3, -0.25) is 0 Å². The van der Waals surface area contributed by atoms with Gasteiger partial charge < -0.3 is 9.29 Å². The molecule has 0 N–H and O–H groups in total. The molecule has 3 aromatic rings. The fraction of sp³-hybridized carbons (Fsp3) is 0.176. The number of hydrogen-bond donors (Lipinski definition) is 0. The molecule has 27 heavy (non-hydrogen) atoms. The number of ether oxygens (including phenoxy) is 1. The highest BCUT2D eigenvalue weighted by molar-refractivity contribution is 7.86. The quantitative estimate of drug-likeness (QED) is 0.205. The molecule has 3 rings (SSSR count). The van der Waals surface area contributed by atoms with E-state index in [1.165, 1.54) is 11.7 Å². The first-order valence-corrected chi connectivity index (χ1v) is 8.57. The molecule has 0 bridgehead atoms. The van der Waals surface area contributed by atoms with Crippen LogP contribution in [0, 0.1) is 0 Å². The number of nitrogens with zero attached hydrogens (tertiary/aromatic N) is 1. The van der Waals surface area contributed by atoms with E-state index in [2.05, 4.69) is 0 Å². The molecule has 0 fully saturated rings.